The third kappa shape index (κ3) is 4.07. The Hall–Kier alpha value is -3.58. The average Bonchev–Trinajstić information content (AvgIpc) is 3.55. The second-order valence-corrected chi connectivity index (χ2v) is 9.21. The summed E-state index contributed by atoms with van der Waals surface area (Å²) >= 11 is 0. The van der Waals surface area contributed by atoms with Crippen LogP contribution in [0.1, 0.15) is 32.4 Å². The predicted octanol–water partition coefficient (Wildman–Crippen LogP) is 4.56. The number of hydrogen-bond donors (Lipinski definition) is 1. The van der Waals surface area contributed by atoms with Gasteiger partial charge in [0.1, 0.15) is 5.60 Å². The van der Waals surface area contributed by atoms with Gasteiger partial charge in [-0.3, -0.25) is 9.78 Å². The summed E-state index contributed by atoms with van der Waals surface area (Å²) in [5.74, 6) is 0.161. The smallest absolute Gasteiger partial charge is 0.258 e. The summed E-state index contributed by atoms with van der Waals surface area (Å²) in [7, 11) is 1.79. The molecule has 0 amide bonds. The second-order valence-electron chi connectivity index (χ2n) is 9.21. The molecule has 1 aliphatic heterocycles. The molecule has 175 valence electrons. The first-order valence-corrected chi connectivity index (χ1v) is 11.5. The number of fused-ring (bicyclic) bond motifs is 1. The molecule has 2 aromatic heterocycles. The first kappa shape index (κ1) is 22.2. The van der Waals surface area contributed by atoms with E-state index < -0.39 is 5.60 Å². The van der Waals surface area contributed by atoms with Crippen molar-refractivity contribution < 1.29 is 6.16 Å². The van der Waals surface area contributed by atoms with E-state index in [0.717, 1.165) is 58.5 Å². The molecule has 0 bridgehead atoms. The van der Waals surface area contributed by atoms with Crippen LogP contribution in [0.2, 0.25) is 0 Å². The number of ether oxygens (including phenoxy) is 1. The Labute approximate surface area is 200 Å². The summed E-state index contributed by atoms with van der Waals surface area (Å²) in [4.78, 5) is 26.8. The SMILES string of the molecule is Cc1cc2c(cn1)cc(-c1cc(N=C(N)/N=C(\C3=C[CH]3)[C@@]3(C)CCCO3)ccc1C)c(=O)n2C.[HH]. The molecule has 1 aliphatic carbocycles. The van der Waals surface area contributed by atoms with Gasteiger partial charge in [0.25, 0.3) is 5.56 Å². The lowest BCUT2D eigenvalue weighted by Gasteiger charge is -2.24. The molecule has 3 heterocycles. The fourth-order valence-corrected chi connectivity index (χ4v) is 4.55. The quantitative estimate of drug-likeness (QED) is 0.460. The third-order valence-corrected chi connectivity index (χ3v) is 6.55. The summed E-state index contributed by atoms with van der Waals surface area (Å²) in [5.41, 5.74) is 12.4. The van der Waals surface area contributed by atoms with E-state index in [1.807, 2.05) is 56.7 Å². The van der Waals surface area contributed by atoms with E-state index in [1.165, 1.54) is 0 Å². The minimum Gasteiger partial charge on any atom is -0.369 e. The Balaban J connectivity index is 0.00000289. The molecule has 7 nitrogen and oxygen atoms in total. The molecule has 1 radical (unpaired) electrons. The highest BCUT2D eigenvalue weighted by Crippen LogP contribution is 2.35. The van der Waals surface area contributed by atoms with Crippen molar-refractivity contribution >= 4 is 28.3 Å². The second kappa shape index (κ2) is 8.33. The van der Waals surface area contributed by atoms with Crippen molar-refractivity contribution in [3.05, 3.63) is 76.2 Å². The van der Waals surface area contributed by atoms with Crippen molar-refractivity contribution in [3.8, 4) is 11.1 Å². The summed E-state index contributed by atoms with van der Waals surface area (Å²) < 4.78 is 7.64. The number of nitrogens with zero attached hydrogens (tertiary/aromatic N) is 4. The van der Waals surface area contributed by atoms with E-state index in [9.17, 15) is 4.79 Å². The fourth-order valence-electron chi connectivity index (χ4n) is 4.55. The normalized spacial score (nSPS) is 20.6. The Morgan fingerprint density at radius 2 is 2.03 bits per heavy atom. The van der Waals surface area contributed by atoms with Gasteiger partial charge in [0.15, 0.2) is 0 Å². The largest absolute Gasteiger partial charge is 0.369 e. The van der Waals surface area contributed by atoms with E-state index in [-0.39, 0.29) is 12.9 Å². The number of aliphatic imine (C=N–C) groups is 2. The van der Waals surface area contributed by atoms with Crippen LogP contribution in [0.25, 0.3) is 22.0 Å². The molecule has 0 spiro atoms. The van der Waals surface area contributed by atoms with E-state index >= 15 is 0 Å². The van der Waals surface area contributed by atoms with Gasteiger partial charge in [-0.1, -0.05) is 12.1 Å². The van der Waals surface area contributed by atoms with Crippen molar-refractivity contribution in [2.24, 2.45) is 22.8 Å². The van der Waals surface area contributed by atoms with Crippen LogP contribution in [0, 0.1) is 20.3 Å². The molecule has 0 unspecified atom stereocenters. The Morgan fingerprint density at radius 3 is 2.74 bits per heavy atom. The van der Waals surface area contributed by atoms with E-state index in [1.54, 1.807) is 17.8 Å². The fraction of sp³-hybridized carbons (Fsp3) is 0.296. The van der Waals surface area contributed by atoms with Gasteiger partial charge in [0.2, 0.25) is 5.96 Å². The van der Waals surface area contributed by atoms with Crippen molar-refractivity contribution in [1.82, 2.24) is 9.55 Å². The maximum atomic E-state index is 13.2. The zero-order valence-corrected chi connectivity index (χ0v) is 19.9. The molecule has 7 heteroatoms. The molecule has 3 aromatic rings. The van der Waals surface area contributed by atoms with Gasteiger partial charge in [0, 0.05) is 44.3 Å². The predicted molar refractivity (Wildman–Crippen MR) is 139 cm³/mol. The van der Waals surface area contributed by atoms with Crippen molar-refractivity contribution in [3.63, 3.8) is 0 Å². The molecule has 1 fully saturated rings. The van der Waals surface area contributed by atoms with Gasteiger partial charge in [-0.15, -0.1) is 0 Å². The van der Waals surface area contributed by atoms with Crippen LogP contribution < -0.4 is 11.3 Å². The van der Waals surface area contributed by atoms with Crippen LogP contribution in [-0.2, 0) is 11.8 Å². The molecule has 1 atom stereocenters. The number of aryl methyl sites for hydroxylation is 3. The highest BCUT2D eigenvalue weighted by molar-refractivity contribution is 6.16. The minimum atomic E-state index is -0.443. The van der Waals surface area contributed by atoms with Crippen LogP contribution in [-0.4, -0.2) is 33.4 Å². The third-order valence-electron chi connectivity index (χ3n) is 6.55. The average molecular weight is 457 g/mol. The molecule has 5 rings (SSSR count). The monoisotopic (exact) mass is 456 g/mol. The van der Waals surface area contributed by atoms with Crippen molar-refractivity contribution in [2.45, 2.75) is 39.2 Å². The number of nitrogens with two attached hydrogens (primary N) is 1. The number of allylic oxidation sites excluding steroid dienone is 1. The van der Waals surface area contributed by atoms with Crippen LogP contribution in [0.4, 0.5) is 5.69 Å². The maximum absolute atomic E-state index is 13.2. The first-order chi connectivity index (χ1) is 16.2. The van der Waals surface area contributed by atoms with E-state index in [4.69, 9.17) is 10.5 Å². The van der Waals surface area contributed by atoms with Gasteiger partial charge in [-0.25, -0.2) is 9.98 Å². The van der Waals surface area contributed by atoms with Crippen LogP contribution in [0.5, 0.6) is 0 Å². The lowest BCUT2D eigenvalue weighted by Crippen LogP contribution is -2.35. The number of hydrogen-bond acceptors (Lipinski definition) is 4. The zero-order chi connectivity index (χ0) is 24.0. The van der Waals surface area contributed by atoms with Crippen LogP contribution in [0.3, 0.4) is 0 Å². The van der Waals surface area contributed by atoms with Crippen molar-refractivity contribution in [2.75, 3.05) is 6.61 Å². The lowest BCUT2D eigenvalue weighted by molar-refractivity contribution is 0.0784. The van der Waals surface area contributed by atoms with Crippen LogP contribution in [0.15, 0.2) is 63.0 Å². The number of aromatic nitrogens is 2. The highest BCUT2D eigenvalue weighted by Gasteiger charge is 2.39. The maximum Gasteiger partial charge on any atom is 0.258 e. The van der Waals surface area contributed by atoms with Gasteiger partial charge < -0.3 is 15.0 Å². The highest BCUT2D eigenvalue weighted by atomic mass is 16.5. The molecule has 34 heavy (non-hydrogen) atoms. The topological polar surface area (TPSA) is 94.9 Å². The van der Waals surface area contributed by atoms with E-state index in [0.29, 0.717) is 11.3 Å². The van der Waals surface area contributed by atoms with Crippen LogP contribution >= 0.6 is 0 Å². The first-order valence-electron chi connectivity index (χ1n) is 11.5. The zero-order valence-electron chi connectivity index (χ0n) is 19.9. The molecule has 2 N–H and O–H groups in total. The van der Waals surface area contributed by atoms with E-state index in [2.05, 4.69) is 21.9 Å². The van der Waals surface area contributed by atoms with Gasteiger partial charge in [-0.2, -0.15) is 0 Å². The number of benzene rings is 1. The summed E-state index contributed by atoms with van der Waals surface area (Å²) in [6.07, 6.45) is 7.72. The lowest BCUT2D eigenvalue weighted by atomic mass is 9.94. The van der Waals surface area contributed by atoms with Gasteiger partial charge in [0.05, 0.1) is 16.9 Å². The van der Waals surface area contributed by atoms with Crippen molar-refractivity contribution in [1.29, 1.82) is 0 Å². The number of rotatable bonds is 4. The molecular formula is C27H30N5O2. The molecule has 0 saturated carbocycles. The summed E-state index contributed by atoms with van der Waals surface area (Å²) in [6.45, 7) is 6.66. The van der Waals surface area contributed by atoms with Gasteiger partial charge in [-0.05, 0) is 74.6 Å². The molecule has 2 aliphatic rings. The Bertz CT molecular complexity index is 1460. The Kier molecular flexibility index (Phi) is 5.44. The molecule has 1 aromatic carbocycles. The Morgan fingerprint density at radius 1 is 1.24 bits per heavy atom. The summed E-state index contributed by atoms with van der Waals surface area (Å²) in [5, 5.41) is 0.906. The number of guanidine groups is 1. The minimum absolute atomic E-state index is 0. The summed E-state index contributed by atoms with van der Waals surface area (Å²) in [6, 6.07) is 9.53. The van der Waals surface area contributed by atoms with Gasteiger partial charge >= 0.3 is 0 Å². The standard InChI is InChI=1S/C27H28N5O2.H2/c1-16-6-9-20(30-26(28)31-24(18-7-8-18)27(3)10-5-11-34-27)14-21(16)22-13-19-15-29-17(2)12-23(19)32(4)25(22)33;/h6-9,12-15H,5,10-11H2,1-4H3,(H2,28,30);1H/b31-24+;/t27-;/m1./s1. The number of pyridine rings is 2. The molecular weight excluding hydrogens is 426 g/mol. The molecule has 1 saturated heterocycles.